The minimum absolute atomic E-state index is 0.101. The average Bonchev–Trinajstić information content (AvgIpc) is 2.78. The highest BCUT2D eigenvalue weighted by Crippen LogP contribution is 2.34. The summed E-state index contributed by atoms with van der Waals surface area (Å²) in [7, 11) is 0. The minimum Gasteiger partial charge on any atom is -0.295 e. The Hall–Kier alpha value is -2.46. The van der Waals surface area contributed by atoms with E-state index in [-0.39, 0.29) is 11.8 Å². The fraction of sp³-hybridized carbons (Fsp3) is 0.321. The molecule has 1 aliphatic heterocycles. The molecule has 3 unspecified atom stereocenters. The quantitative estimate of drug-likeness (QED) is 0.419. The minimum atomic E-state index is 0.101. The molecule has 4 heteroatoms. The maximum Gasteiger partial charge on any atom is 0.159 e. The molecule has 1 heterocycles. The highest BCUT2D eigenvalue weighted by molar-refractivity contribution is 6.30. The van der Waals surface area contributed by atoms with Gasteiger partial charge in [-0.25, -0.2) is 0 Å². The summed E-state index contributed by atoms with van der Waals surface area (Å²) < 4.78 is 0. The summed E-state index contributed by atoms with van der Waals surface area (Å²) in [5, 5.41) is 0.792. The maximum atomic E-state index is 11.8. The molecule has 0 saturated carbocycles. The first-order chi connectivity index (χ1) is 15.4. The van der Waals surface area contributed by atoms with Crippen LogP contribution in [0.3, 0.4) is 0 Å². The zero-order chi connectivity index (χ0) is 22.7. The van der Waals surface area contributed by atoms with E-state index >= 15 is 0 Å². The number of Topliss-reactive ketones (excluding diaryl/α,β-unsaturated/α-hetero) is 1. The number of benzene rings is 3. The molecule has 1 saturated heterocycles. The Labute approximate surface area is 196 Å². The Bertz CT molecular complexity index is 1050. The summed E-state index contributed by atoms with van der Waals surface area (Å²) in [6.45, 7) is 9.11. The van der Waals surface area contributed by atoms with E-state index < -0.39 is 0 Å². The third-order valence-electron chi connectivity index (χ3n) is 6.52. The van der Waals surface area contributed by atoms with Crippen LogP contribution in [0.5, 0.6) is 0 Å². The monoisotopic (exact) mass is 446 g/mol. The molecule has 0 aliphatic carbocycles. The Balaban J connectivity index is 1.60. The zero-order valence-electron chi connectivity index (χ0n) is 19.0. The summed E-state index contributed by atoms with van der Waals surface area (Å²) in [6, 6.07) is 27.9. The normalized spacial score (nSPS) is 20.8. The van der Waals surface area contributed by atoms with Crippen molar-refractivity contribution in [3.05, 3.63) is 106 Å². The summed E-state index contributed by atoms with van der Waals surface area (Å²) in [4.78, 5) is 16.9. The SMILES string of the molecule is CC(=O)c1ccc(C(c2ccccc2)N2CC(C)N(Cc3cccc(Cl)c3)CC2C)cc1. The molecule has 0 amide bonds. The largest absolute Gasteiger partial charge is 0.295 e. The number of hydrogen-bond donors (Lipinski definition) is 0. The summed E-state index contributed by atoms with van der Waals surface area (Å²) in [5.74, 6) is 0.101. The first kappa shape index (κ1) is 22.7. The molecular weight excluding hydrogens is 416 g/mol. The van der Waals surface area contributed by atoms with E-state index in [0.29, 0.717) is 12.1 Å². The van der Waals surface area contributed by atoms with Gasteiger partial charge in [-0.15, -0.1) is 0 Å². The highest BCUT2D eigenvalue weighted by atomic mass is 35.5. The van der Waals surface area contributed by atoms with Crippen LogP contribution in [0, 0.1) is 0 Å². The summed E-state index contributed by atoms with van der Waals surface area (Å²) >= 11 is 6.21. The molecule has 3 nitrogen and oxygen atoms in total. The van der Waals surface area contributed by atoms with Gasteiger partial charge in [0.25, 0.3) is 0 Å². The third-order valence-corrected chi connectivity index (χ3v) is 6.75. The van der Waals surface area contributed by atoms with Crippen LogP contribution in [-0.2, 0) is 6.54 Å². The fourth-order valence-electron chi connectivity index (χ4n) is 4.79. The molecule has 0 spiro atoms. The van der Waals surface area contributed by atoms with Gasteiger partial charge < -0.3 is 0 Å². The number of rotatable bonds is 6. The number of halogens is 1. The lowest BCUT2D eigenvalue weighted by atomic mass is 9.92. The lowest BCUT2D eigenvalue weighted by Gasteiger charge is -2.47. The molecule has 0 N–H and O–H groups in total. The van der Waals surface area contributed by atoms with Gasteiger partial charge in [-0.3, -0.25) is 14.6 Å². The number of nitrogens with zero attached hydrogens (tertiary/aromatic N) is 2. The lowest BCUT2D eigenvalue weighted by molar-refractivity contribution is 0.0195. The molecule has 1 aliphatic rings. The first-order valence-corrected chi connectivity index (χ1v) is 11.7. The number of ketones is 1. The van der Waals surface area contributed by atoms with Gasteiger partial charge in [-0.2, -0.15) is 0 Å². The van der Waals surface area contributed by atoms with Gasteiger partial charge in [-0.05, 0) is 49.6 Å². The van der Waals surface area contributed by atoms with Crippen LogP contribution < -0.4 is 0 Å². The number of carbonyl (C=O) groups is 1. The predicted octanol–water partition coefficient (Wildman–Crippen LogP) is 6.23. The Kier molecular flexibility index (Phi) is 7.10. The second-order valence-corrected chi connectivity index (χ2v) is 9.38. The smallest absolute Gasteiger partial charge is 0.159 e. The van der Waals surface area contributed by atoms with Crippen molar-refractivity contribution in [2.45, 2.75) is 45.4 Å². The maximum absolute atomic E-state index is 11.8. The van der Waals surface area contributed by atoms with Crippen LogP contribution in [0.4, 0.5) is 0 Å². The van der Waals surface area contributed by atoms with E-state index in [4.69, 9.17) is 11.6 Å². The zero-order valence-corrected chi connectivity index (χ0v) is 19.8. The van der Waals surface area contributed by atoms with E-state index in [1.54, 1.807) is 6.92 Å². The molecule has 166 valence electrons. The summed E-state index contributed by atoms with van der Waals surface area (Å²) in [5.41, 5.74) is 4.52. The molecule has 3 atom stereocenters. The van der Waals surface area contributed by atoms with Gasteiger partial charge in [0.05, 0.1) is 6.04 Å². The molecule has 4 rings (SSSR count). The van der Waals surface area contributed by atoms with Crippen LogP contribution in [0.1, 0.15) is 53.9 Å². The second kappa shape index (κ2) is 9.99. The van der Waals surface area contributed by atoms with Crippen molar-refractivity contribution in [2.24, 2.45) is 0 Å². The molecule has 3 aromatic rings. The molecule has 0 bridgehead atoms. The van der Waals surface area contributed by atoms with Crippen LogP contribution in [-0.4, -0.2) is 40.8 Å². The van der Waals surface area contributed by atoms with Gasteiger partial charge in [-0.1, -0.05) is 78.3 Å². The van der Waals surface area contributed by atoms with E-state index in [1.165, 1.54) is 16.7 Å². The second-order valence-electron chi connectivity index (χ2n) is 8.95. The van der Waals surface area contributed by atoms with E-state index in [0.717, 1.165) is 30.2 Å². The van der Waals surface area contributed by atoms with Crippen molar-refractivity contribution < 1.29 is 4.79 Å². The fourth-order valence-corrected chi connectivity index (χ4v) is 5.00. The Morgan fingerprint density at radius 3 is 2.25 bits per heavy atom. The molecular formula is C28H31ClN2O. The Morgan fingerprint density at radius 2 is 1.59 bits per heavy atom. The number of piperazine rings is 1. The van der Waals surface area contributed by atoms with E-state index in [1.807, 2.05) is 24.3 Å². The average molecular weight is 447 g/mol. The molecule has 0 aromatic heterocycles. The molecule has 1 fully saturated rings. The van der Waals surface area contributed by atoms with Crippen molar-refractivity contribution in [3.8, 4) is 0 Å². The van der Waals surface area contributed by atoms with Crippen LogP contribution in [0.25, 0.3) is 0 Å². The van der Waals surface area contributed by atoms with Crippen molar-refractivity contribution in [2.75, 3.05) is 13.1 Å². The standard InChI is InChI=1S/C28H31ClN2O/c1-20-18-31(21(2)17-30(20)19-23-8-7-11-27(29)16-23)28(25-9-5-4-6-10-25)26-14-12-24(13-15-26)22(3)32/h4-16,20-21,28H,17-19H2,1-3H3. The highest BCUT2D eigenvalue weighted by Gasteiger charge is 2.34. The lowest BCUT2D eigenvalue weighted by Crippen LogP contribution is -2.56. The molecule has 32 heavy (non-hydrogen) atoms. The van der Waals surface area contributed by atoms with Gasteiger partial charge in [0.1, 0.15) is 0 Å². The van der Waals surface area contributed by atoms with Crippen molar-refractivity contribution in [3.63, 3.8) is 0 Å². The summed E-state index contributed by atoms with van der Waals surface area (Å²) in [6.07, 6.45) is 0. The first-order valence-electron chi connectivity index (χ1n) is 11.3. The number of hydrogen-bond acceptors (Lipinski definition) is 3. The van der Waals surface area contributed by atoms with Gasteiger partial charge in [0, 0.05) is 42.3 Å². The van der Waals surface area contributed by atoms with Crippen molar-refractivity contribution in [1.82, 2.24) is 9.80 Å². The van der Waals surface area contributed by atoms with Gasteiger partial charge in [0.2, 0.25) is 0 Å². The van der Waals surface area contributed by atoms with Crippen LogP contribution in [0.2, 0.25) is 5.02 Å². The van der Waals surface area contributed by atoms with E-state index in [2.05, 4.69) is 78.2 Å². The topological polar surface area (TPSA) is 23.6 Å². The molecule has 3 aromatic carbocycles. The van der Waals surface area contributed by atoms with Crippen molar-refractivity contribution >= 4 is 17.4 Å². The molecule has 0 radical (unpaired) electrons. The van der Waals surface area contributed by atoms with Crippen LogP contribution >= 0.6 is 11.6 Å². The van der Waals surface area contributed by atoms with Gasteiger partial charge in [0.15, 0.2) is 5.78 Å². The van der Waals surface area contributed by atoms with Crippen LogP contribution in [0.15, 0.2) is 78.9 Å². The predicted molar refractivity (Wildman–Crippen MR) is 132 cm³/mol. The van der Waals surface area contributed by atoms with E-state index in [9.17, 15) is 4.79 Å². The number of carbonyl (C=O) groups excluding carboxylic acids is 1. The van der Waals surface area contributed by atoms with Gasteiger partial charge >= 0.3 is 0 Å². The Morgan fingerprint density at radius 1 is 0.906 bits per heavy atom. The third kappa shape index (κ3) is 5.12. The van der Waals surface area contributed by atoms with Crippen molar-refractivity contribution in [1.29, 1.82) is 0 Å².